The highest BCUT2D eigenvalue weighted by molar-refractivity contribution is 5.97. The van der Waals surface area contributed by atoms with Gasteiger partial charge in [-0.05, 0) is 11.1 Å². The standard InChI is InChI=1S/C28H28O4/c1-27(2,3)26-31-25(30)28(32-26,22-17-11-6-12-18-22)23(20-13-7-4-8-14-20)19-24(29)21-15-9-5-10-16-21/h4-18,23,26H,19H2,1-3H3/t23-,26+,28+/m0/s1. The zero-order valence-electron chi connectivity index (χ0n) is 18.7. The first-order valence-corrected chi connectivity index (χ1v) is 10.9. The van der Waals surface area contributed by atoms with E-state index in [9.17, 15) is 9.59 Å². The molecule has 164 valence electrons. The number of hydrogen-bond acceptors (Lipinski definition) is 4. The maximum Gasteiger partial charge on any atom is 0.346 e. The molecule has 1 fully saturated rings. The molecule has 0 aromatic heterocycles. The van der Waals surface area contributed by atoms with Gasteiger partial charge in [-0.1, -0.05) is 112 Å². The molecule has 1 saturated heterocycles. The largest absolute Gasteiger partial charge is 0.433 e. The Kier molecular flexibility index (Phi) is 5.98. The van der Waals surface area contributed by atoms with Crippen molar-refractivity contribution < 1.29 is 19.1 Å². The number of carbonyl (C=O) groups is 2. The minimum Gasteiger partial charge on any atom is -0.433 e. The van der Waals surface area contributed by atoms with Crippen molar-refractivity contribution in [2.45, 2.75) is 45.0 Å². The van der Waals surface area contributed by atoms with E-state index in [1.54, 1.807) is 12.1 Å². The average molecular weight is 429 g/mol. The number of carbonyl (C=O) groups excluding carboxylic acids is 2. The van der Waals surface area contributed by atoms with Gasteiger partial charge >= 0.3 is 5.97 Å². The summed E-state index contributed by atoms with van der Waals surface area (Å²) in [6.45, 7) is 5.91. The van der Waals surface area contributed by atoms with Crippen LogP contribution in [0.2, 0.25) is 0 Å². The highest BCUT2D eigenvalue weighted by atomic mass is 16.8. The highest BCUT2D eigenvalue weighted by Gasteiger charge is 2.59. The fraction of sp³-hybridized carbons (Fsp3) is 0.286. The zero-order chi connectivity index (χ0) is 22.8. The number of Topliss-reactive ketones (excluding diaryl/α,β-unsaturated/α-hetero) is 1. The number of benzene rings is 3. The van der Waals surface area contributed by atoms with Crippen LogP contribution in [-0.4, -0.2) is 18.0 Å². The van der Waals surface area contributed by atoms with Crippen molar-refractivity contribution in [2.75, 3.05) is 0 Å². The Morgan fingerprint density at radius 2 is 1.41 bits per heavy atom. The second-order valence-corrected chi connectivity index (χ2v) is 9.28. The summed E-state index contributed by atoms with van der Waals surface area (Å²) in [7, 11) is 0. The zero-order valence-corrected chi connectivity index (χ0v) is 18.7. The summed E-state index contributed by atoms with van der Waals surface area (Å²) in [5.41, 5.74) is 0.302. The number of hydrogen-bond donors (Lipinski definition) is 0. The molecule has 1 heterocycles. The lowest BCUT2D eigenvalue weighted by Crippen LogP contribution is -2.42. The Morgan fingerprint density at radius 3 is 1.94 bits per heavy atom. The van der Waals surface area contributed by atoms with Crippen molar-refractivity contribution in [3.63, 3.8) is 0 Å². The Morgan fingerprint density at radius 1 is 0.875 bits per heavy atom. The van der Waals surface area contributed by atoms with Crippen molar-refractivity contribution in [3.05, 3.63) is 108 Å². The smallest absolute Gasteiger partial charge is 0.346 e. The summed E-state index contributed by atoms with van der Waals surface area (Å²) < 4.78 is 12.4. The minimum absolute atomic E-state index is 0.0506. The van der Waals surface area contributed by atoms with E-state index >= 15 is 0 Å². The molecule has 0 N–H and O–H groups in total. The molecular formula is C28H28O4. The third-order valence-electron chi connectivity index (χ3n) is 5.90. The van der Waals surface area contributed by atoms with Crippen LogP contribution in [0.3, 0.4) is 0 Å². The van der Waals surface area contributed by atoms with Gasteiger partial charge in [-0.15, -0.1) is 0 Å². The molecule has 0 radical (unpaired) electrons. The van der Waals surface area contributed by atoms with Crippen LogP contribution in [0.1, 0.15) is 54.6 Å². The molecule has 4 heteroatoms. The van der Waals surface area contributed by atoms with Crippen molar-refractivity contribution in [1.82, 2.24) is 0 Å². The quantitative estimate of drug-likeness (QED) is 0.363. The first-order chi connectivity index (χ1) is 15.3. The van der Waals surface area contributed by atoms with Crippen LogP contribution in [0.5, 0.6) is 0 Å². The monoisotopic (exact) mass is 428 g/mol. The van der Waals surface area contributed by atoms with Crippen molar-refractivity contribution in [1.29, 1.82) is 0 Å². The number of rotatable bonds is 6. The lowest BCUT2D eigenvalue weighted by molar-refractivity contribution is -0.158. The third-order valence-corrected chi connectivity index (χ3v) is 5.90. The highest BCUT2D eigenvalue weighted by Crippen LogP contribution is 2.50. The summed E-state index contributed by atoms with van der Waals surface area (Å²) in [5.74, 6) is -1.07. The molecule has 0 aliphatic carbocycles. The number of esters is 1. The Hall–Kier alpha value is -3.24. The van der Waals surface area contributed by atoms with Crippen LogP contribution in [0.15, 0.2) is 91.0 Å². The number of cyclic esters (lactones) is 1. The van der Waals surface area contributed by atoms with Gasteiger partial charge in [-0.25, -0.2) is 4.79 Å². The fourth-order valence-electron chi connectivity index (χ4n) is 4.19. The first-order valence-electron chi connectivity index (χ1n) is 10.9. The van der Waals surface area contributed by atoms with Gasteiger partial charge in [-0.2, -0.15) is 0 Å². The molecule has 0 bridgehead atoms. The van der Waals surface area contributed by atoms with Crippen LogP contribution in [0, 0.1) is 5.41 Å². The molecule has 1 aliphatic heterocycles. The number of ether oxygens (including phenoxy) is 2. The maximum atomic E-state index is 13.6. The predicted octanol–water partition coefficient (Wildman–Crippen LogP) is 5.88. The topological polar surface area (TPSA) is 52.6 Å². The molecule has 0 unspecified atom stereocenters. The van der Waals surface area contributed by atoms with Crippen molar-refractivity contribution in [3.8, 4) is 0 Å². The van der Waals surface area contributed by atoms with E-state index in [1.165, 1.54) is 0 Å². The van der Waals surface area contributed by atoms with E-state index in [0.717, 1.165) is 5.56 Å². The molecule has 32 heavy (non-hydrogen) atoms. The molecule has 1 aliphatic rings. The molecular weight excluding hydrogens is 400 g/mol. The van der Waals surface area contributed by atoms with E-state index in [2.05, 4.69) is 0 Å². The Labute approximate surface area is 189 Å². The van der Waals surface area contributed by atoms with E-state index in [4.69, 9.17) is 9.47 Å². The summed E-state index contributed by atoms with van der Waals surface area (Å²) in [5, 5.41) is 0. The summed E-state index contributed by atoms with van der Waals surface area (Å²) in [6.07, 6.45) is -0.622. The molecule has 3 atom stereocenters. The van der Waals surface area contributed by atoms with Crippen molar-refractivity contribution >= 4 is 11.8 Å². The van der Waals surface area contributed by atoms with Crippen LogP contribution in [-0.2, 0) is 19.9 Å². The second kappa shape index (κ2) is 8.71. The van der Waals surface area contributed by atoms with E-state index in [-0.39, 0.29) is 12.2 Å². The molecule has 4 rings (SSSR count). The fourth-order valence-corrected chi connectivity index (χ4v) is 4.19. The predicted molar refractivity (Wildman–Crippen MR) is 123 cm³/mol. The van der Waals surface area contributed by atoms with Gasteiger partial charge < -0.3 is 9.47 Å². The summed E-state index contributed by atoms with van der Waals surface area (Å²) in [4.78, 5) is 27.0. The van der Waals surface area contributed by atoms with E-state index in [0.29, 0.717) is 11.1 Å². The maximum absolute atomic E-state index is 13.6. The van der Waals surface area contributed by atoms with Crippen LogP contribution < -0.4 is 0 Å². The lowest BCUT2D eigenvalue weighted by atomic mass is 9.74. The molecule has 0 saturated carbocycles. The van der Waals surface area contributed by atoms with E-state index in [1.807, 2.05) is 99.6 Å². The first kappa shape index (κ1) is 22.0. The van der Waals surface area contributed by atoms with Gasteiger partial charge in [0.15, 0.2) is 5.78 Å². The summed E-state index contributed by atoms with van der Waals surface area (Å²) in [6, 6.07) is 28.2. The van der Waals surface area contributed by atoms with Gasteiger partial charge in [0.2, 0.25) is 11.9 Å². The molecule has 0 spiro atoms. The molecule has 3 aromatic rings. The van der Waals surface area contributed by atoms with Crippen LogP contribution in [0.4, 0.5) is 0 Å². The van der Waals surface area contributed by atoms with Crippen LogP contribution >= 0.6 is 0 Å². The second-order valence-electron chi connectivity index (χ2n) is 9.28. The normalized spacial score (nSPS) is 21.7. The van der Waals surface area contributed by atoms with E-state index < -0.39 is 29.2 Å². The summed E-state index contributed by atoms with van der Waals surface area (Å²) >= 11 is 0. The van der Waals surface area contributed by atoms with Gasteiger partial charge in [0, 0.05) is 23.3 Å². The Bertz CT molecular complexity index is 1070. The average Bonchev–Trinajstić information content (AvgIpc) is 3.17. The lowest BCUT2D eigenvalue weighted by Gasteiger charge is -2.35. The molecule has 4 nitrogen and oxygen atoms in total. The number of ketones is 1. The van der Waals surface area contributed by atoms with Gasteiger partial charge in [-0.3, -0.25) is 4.79 Å². The minimum atomic E-state index is -1.43. The van der Waals surface area contributed by atoms with Gasteiger partial charge in [0.25, 0.3) is 0 Å². The SMILES string of the molecule is CC(C)(C)[C@@H]1OC(=O)[C@@](c2ccccc2)([C@@H](CC(=O)c2ccccc2)c2ccccc2)O1. The third kappa shape index (κ3) is 4.11. The van der Waals surface area contributed by atoms with Gasteiger partial charge in [0.1, 0.15) is 0 Å². The van der Waals surface area contributed by atoms with Crippen molar-refractivity contribution in [2.24, 2.45) is 5.41 Å². The molecule has 0 amide bonds. The van der Waals surface area contributed by atoms with Gasteiger partial charge in [0.05, 0.1) is 0 Å². The molecule has 3 aromatic carbocycles. The van der Waals surface area contributed by atoms with Crippen LogP contribution in [0.25, 0.3) is 0 Å². The Balaban J connectivity index is 1.86.